The first-order valence-electron chi connectivity index (χ1n) is 7.44. The van der Waals surface area contributed by atoms with Gasteiger partial charge in [-0.2, -0.15) is 13.2 Å². The molecule has 0 saturated carbocycles. The van der Waals surface area contributed by atoms with Gasteiger partial charge in [-0.15, -0.1) is 0 Å². The van der Waals surface area contributed by atoms with Gasteiger partial charge in [-0.25, -0.2) is 0 Å². The fourth-order valence-corrected chi connectivity index (χ4v) is 2.10. The van der Waals surface area contributed by atoms with E-state index in [0.29, 0.717) is 12.8 Å². The summed E-state index contributed by atoms with van der Waals surface area (Å²) in [5, 5.41) is 11.9. The predicted molar refractivity (Wildman–Crippen MR) is 82.2 cm³/mol. The molecule has 1 aromatic rings. The second-order valence-electron chi connectivity index (χ2n) is 5.82. The minimum absolute atomic E-state index is 0.155. The average Bonchev–Trinajstić information content (AvgIpc) is 2.44. The number of aromatic hydroxyl groups is 1. The summed E-state index contributed by atoms with van der Waals surface area (Å²) in [5.74, 6) is -0.230. The third-order valence-corrected chi connectivity index (χ3v) is 3.66. The predicted octanol–water partition coefficient (Wildman–Crippen LogP) is 2.71. The van der Waals surface area contributed by atoms with E-state index in [4.69, 9.17) is 0 Å². The quantitative estimate of drug-likeness (QED) is 0.807. The van der Waals surface area contributed by atoms with Gasteiger partial charge in [0, 0.05) is 6.04 Å². The van der Waals surface area contributed by atoms with E-state index in [2.05, 4.69) is 5.32 Å². The standard InChI is InChI=1S/C16H23F3N2O2/c1-11(4-5-13-6-8-14(22)9-7-13)20-15(23)12(2)21(3)10-16(17,18)19/h6-9,11-12,22H,4-5,10H2,1-3H3,(H,20,23). The molecule has 0 saturated heterocycles. The summed E-state index contributed by atoms with van der Waals surface area (Å²) in [5.41, 5.74) is 1.02. The number of nitrogens with zero attached hydrogens (tertiary/aromatic N) is 1. The average molecular weight is 332 g/mol. The van der Waals surface area contributed by atoms with Crippen LogP contribution in [0.4, 0.5) is 13.2 Å². The Morgan fingerprint density at radius 2 is 1.83 bits per heavy atom. The van der Waals surface area contributed by atoms with Crippen molar-refractivity contribution in [1.29, 1.82) is 0 Å². The fraction of sp³-hybridized carbons (Fsp3) is 0.562. The second-order valence-corrected chi connectivity index (χ2v) is 5.82. The molecule has 1 aromatic carbocycles. The number of alkyl halides is 3. The normalized spacial score (nSPS) is 14.6. The number of carbonyl (C=O) groups excluding carboxylic acids is 1. The summed E-state index contributed by atoms with van der Waals surface area (Å²) in [6, 6.07) is 5.76. The van der Waals surface area contributed by atoms with E-state index in [1.807, 2.05) is 6.92 Å². The van der Waals surface area contributed by atoms with Crippen LogP contribution in [0, 0.1) is 0 Å². The summed E-state index contributed by atoms with van der Waals surface area (Å²) >= 11 is 0. The number of phenolic OH excluding ortho intramolecular Hbond substituents is 1. The lowest BCUT2D eigenvalue weighted by molar-refractivity contribution is -0.151. The number of halogens is 3. The zero-order valence-electron chi connectivity index (χ0n) is 13.5. The van der Waals surface area contributed by atoms with Crippen LogP contribution in [0.15, 0.2) is 24.3 Å². The molecule has 0 heterocycles. The van der Waals surface area contributed by atoms with Crippen molar-refractivity contribution in [2.24, 2.45) is 0 Å². The molecule has 0 aliphatic rings. The summed E-state index contributed by atoms with van der Waals surface area (Å²) in [6.07, 6.45) is -2.96. The molecule has 0 radical (unpaired) electrons. The molecule has 1 amide bonds. The van der Waals surface area contributed by atoms with Crippen LogP contribution in [0.3, 0.4) is 0 Å². The van der Waals surface area contributed by atoms with Crippen molar-refractivity contribution in [3.05, 3.63) is 29.8 Å². The summed E-state index contributed by atoms with van der Waals surface area (Å²) in [4.78, 5) is 13.0. The Morgan fingerprint density at radius 1 is 1.26 bits per heavy atom. The van der Waals surface area contributed by atoms with E-state index in [-0.39, 0.29) is 11.8 Å². The largest absolute Gasteiger partial charge is 0.508 e. The third kappa shape index (κ3) is 7.36. The maximum Gasteiger partial charge on any atom is 0.401 e. The Kier molecular flexibility index (Phi) is 6.87. The molecular weight excluding hydrogens is 309 g/mol. The molecule has 2 N–H and O–H groups in total. The lowest BCUT2D eigenvalue weighted by atomic mass is 10.1. The Balaban J connectivity index is 2.41. The van der Waals surface area contributed by atoms with Crippen molar-refractivity contribution >= 4 is 5.91 Å². The third-order valence-electron chi connectivity index (χ3n) is 3.66. The van der Waals surface area contributed by atoms with Crippen LogP contribution >= 0.6 is 0 Å². The van der Waals surface area contributed by atoms with Crippen molar-refractivity contribution in [3.8, 4) is 5.75 Å². The molecule has 7 heteroatoms. The summed E-state index contributed by atoms with van der Waals surface area (Å²) in [7, 11) is 1.28. The number of carbonyl (C=O) groups is 1. The zero-order valence-corrected chi connectivity index (χ0v) is 13.5. The van der Waals surface area contributed by atoms with Gasteiger partial charge in [0.1, 0.15) is 5.75 Å². The molecule has 4 nitrogen and oxygen atoms in total. The molecule has 0 spiro atoms. The van der Waals surface area contributed by atoms with E-state index in [9.17, 15) is 23.1 Å². The number of hydrogen-bond donors (Lipinski definition) is 2. The van der Waals surface area contributed by atoms with E-state index >= 15 is 0 Å². The van der Waals surface area contributed by atoms with Gasteiger partial charge >= 0.3 is 6.18 Å². The molecule has 0 aliphatic carbocycles. The second kappa shape index (κ2) is 8.19. The monoisotopic (exact) mass is 332 g/mol. The van der Waals surface area contributed by atoms with Gasteiger partial charge in [-0.1, -0.05) is 12.1 Å². The van der Waals surface area contributed by atoms with Crippen LogP contribution in [-0.2, 0) is 11.2 Å². The van der Waals surface area contributed by atoms with Gasteiger partial charge in [0.25, 0.3) is 0 Å². The summed E-state index contributed by atoms with van der Waals surface area (Å²) in [6.45, 7) is 2.14. The van der Waals surface area contributed by atoms with Crippen LogP contribution in [0.2, 0.25) is 0 Å². The van der Waals surface area contributed by atoms with Crippen LogP contribution < -0.4 is 5.32 Å². The SMILES string of the molecule is CC(CCc1ccc(O)cc1)NC(=O)C(C)N(C)CC(F)(F)F. The number of nitrogens with one attached hydrogen (secondary N) is 1. The van der Waals surface area contributed by atoms with Crippen molar-refractivity contribution in [3.63, 3.8) is 0 Å². The Morgan fingerprint density at radius 3 is 2.35 bits per heavy atom. The molecule has 23 heavy (non-hydrogen) atoms. The van der Waals surface area contributed by atoms with Gasteiger partial charge in [0.2, 0.25) is 5.91 Å². The van der Waals surface area contributed by atoms with Crippen LogP contribution in [0.5, 0.6) is 5.75 Å². The van der Waals surface area contributed by atoms with Gasteiger partial charge in [-0.3, -0.25) is 9.69 Å². The maximum atomic E-state index is 12.3. The lowest BCUT2D eigenvalue weighted by Crippen LogP contribution is -2.48. The zero-order chi connectivity index (χ0) is 17.6. The van der Waals surface area contributed by atoms with Gasteiger partial charge in [0.05, 0.1) is 12.6 Å². The van der Waals surface area contributed by atoms with Crippen molar-refractivity contribution in [2.45, 2.75) is 44.9 Å². The smallest absolute Gasteiger partial charge is 0.401 e. The van der Waals surface area contributed by atoms with Gasteiger partial charge < -0.3 is 10.4 Å². The molecule has 130 valence electrons. The Hall–Kier alpha value is -1.76. The molecule has 0 aliphatic heterocycles. The molecule has 1 rings (SSSR count). The highest BCUT2D eigenvalue weighted by atomic mass is 19.4. The fourth-order valence-electron chi connectivity index (χ4n) is 2.10. The topological polar surface area (TPSA) is 52.6 Å². The van der Waals surface area contributed by atoms with E-state index in [1.54, 1.807) is 24.3 Å². The molecule has 0 aromatic heterocycles. The highest BCUT2D eigenvalue weighted by Gasteiger charge is 2.32. The minimum atomic E-state index is -4.33. The van der Waals surface area contributed by atoms with Crippen LogP contribution in [0.25, 0.3) is 0 Å². The van der Waals surface area contributed by atoms with Crippen molar-refractivity contribution in [2.75, 3.05) is 13.6 Å². The van der Waals surface area contributed by atoms with Crippen LogP contribution in [0.1, 0.15) is 25.8 Å². The molecule has 2 atom stereocenters. The maximum absolute atomic E-state index is 12.3. The van der Waals surface area contributed by atoms with Gasteiger partial charge in [0.15, 0.2) is 0 Å². The van der Waals surface area contributed by atoms with E-state index < -0.39 is 24.7 Å². The lowest BCUT2D eigenvalue weighted by Gasteiger charge is -2.26. The van der Waals surface area contributed by atoms with E-state index in [0.717, 1.165) is 10.5 Å². The van der Waals surface area contributed by atoms with Crippen molar-refractivity contribution < 1.29 is 23.1 Å². The number of hydrogen-bond acceptors (Lipinski definition) is 3. The molecule has 0 bridgehead atoms. The Labute approximate surface area is 134 Å². The van der Waals surface area contributed by atoms with E-state index in [1.165, 1.54) is 14.0 Å². The number of aryl methyl sites for hydroxylation is 1. The highest BCUT2D eigenvalue weighted by Crippen LogP contribution is 2.17. The van der Waals surface area contributed by atoms with Gasteiger partial charge in [-0.05, 0) is 51.4 Å². The number of benzene rings is 1. The molecular formula is C16H23F3N2O2. The number of phenols is 1. The first-order valence-corrected chi connectivity index (χ1v) is 7.44. The number of amides is 1. The highest BCUT2D eigenvalue weighted by molar-refractivity contribution is 5.81. The number of rotatable bonds is 7. The molecule has 0 fully saturated rings. The first-order chi connectivity index (χ1) is 10.6. The van der Waals surface area contributed by atoms with Crippen LogP contribution in [-0.4, -0.2) is 47.8 Å². The molecule has 2 unspecified atom stereocenters. The first kappa shape index (κ1) is 19.3. The van der Waals surface area contributed by atoms with Crippen molar-refractivity contribution in [1.82, 2.24) is 10.2 Å². The number of likely N-dealkylation sites (N-methyl/N-ethyl adjacent to an activating group) is 1. The Bertz CT molecular complexity index is 503. The summed E-state index contributed by atoms with van der Waals surface area (Å²) < 4.78 is 37.0. The minimum Gasteiger partial charge on any atom is -0.508 e.